The molecule has 0 aliphatic heterocycles. The summed E-state index contributed by atoms with van der Waals surface area (Å²) in [5, 5.41) is 11.8. The van der Waals surface area contributed by atoms with Crippen LogP contribution in [0.1, 0.15) is 38.7 Å². The normalized spacial score (nSPS) is 13.6. The SMILES string of the molecule is CC[C@H](C)[C@H](NC(=O)CCCc1ccc2[nH]c(=O)[nH]c2c1)C(=O)O. The van der Waals surface area contributed by atoms with Crippen molar-refractivity contribution in [2.75, 3.05) is 0 Å². The van der Waals surface area contributed by atoms with E-state index >= 15 is 0 Å². The molecule has 1 aromatic carbocycles. The molecule has 0 aliphatic carbocycles. The number of benzene rings is 1. The number of carboxylic acids is 1. The Morgan fingerprint density at radius 3 is 2.62 bits per heavy atom. The maximum Gasteiger partial charge on any atom is 0.326 e. The van der Waals surface area contributed by atoms with Crippen LogP contribution in [0.25, 0.3) is 11.0 Å². The van der Waals surface area contributed by atoms with Crippen molar-refractivity contribution in [3.8, 4) is 0 Å². The van der Waals surface area contributed by atoms with Gasteiger partial charge >= 0.3 is 11.7 Å². The summed E-state index contributed by atoms with van der Waals surface area (Å²) in [5.74, 6) is -1.36. The fraction of sp³-hybridized carbons (Fsp3) is 0.471. The minimum atomic E-state index is -1.00. The molecule has 0 bridgehead atoms. The minimum absolute atomic E-state index is 0.112. The lowest BCUT2D eigenvalue weighted by Crippen LogP contribution is -2.44. The Morgan fingerprint density at radius 1 is 1.25 bits per heavy atom. The topological polar surface area (TPSA) is 115 Å². The van der Waals surface area contributed by atoms with Gasteiger partial charge < -0.3 is 20.4 Å². The van der Waals surface area contributed by atoms with Crippen molar-refractivity contribution in [3.63, 3.8) is 0 Å². The third-order valence-corrected chi connectivity index (χ3v) is 4.25. The first-order valence-corrected chi connectivity index (χ1v) is 8.13. The summed E-state index contributed by atoms with van der Waals surface area (Å²) >= 11 is 0. The molecule has 0 aliphatic rings. The van der Waals surface area contributed by atoms with Gasteiger partial charge in [-0.2, -0.15) is 0 Å². The predicted molar refractivity (Wildman–Crippen MR) is 90.9 cm³/mol. The van der Waals surface area contributed by atoms with E-state index in [-0.39, 0.29) is 23.9 Å². The fourth-order valence-corrected chi connectivity index (χ4v) is 2.62. The number of imidazole rings is 1. The zero-order valence-electron chi connectivity index (χ0n) is 13.9. The molecule has 1 heterocycles. The van der Waals surface area contributed by atoms with Gasteiger partial charge in [-0.25, -0.2) is 9.59 Å². The number of aromatic amines is 2. The highest BCUT2D eigenvalue weighted by molar-refractivity contribution is 5.83. The molecule has 0 spiro atoms. The van der Waals surface area contributed by atoms with E-state index in [1.165, 1.54) is 0 Å². The van der Waals surface area contributed by atoms with Gasteiger partial charge in [0, 0.05) is 6.42 Å². The van der Waals surface area contributed by atoms with Gasteiger partial charge in [0.05, 0.1) is 11.0 Å². The lowest BCUT2D eigenvalue weighted by atomic mass is 9.99. The Labute approximate surface area is 139 Å². The molecular weight excluding hydrogens is 310 g/mol. The van der Waals surface area contributed by atoms with Gasteiger partial charge in [0.15, 0.2) is 0 Å². The van der Waals surface area contributed by atoms with E-state index in [4.69, 9.17) is 0 Å². The second-order valence-electron chi connectivity index (χ2n) is 6.08. The summed E-state index contributed by atoms with van der Waals surface area (Å²) < 4.78 is 0. The molecule has 0 unspecified atom stereocenters. The van der Waals surface area contributed by atoms with E-state index < -0.39 is 12.0 Å². The number of amides is 1. The number of carbonyl (C=O) groups is 2. The molecular formula is C17H23N3O4. The summed E-state index contributed by atoms with van der Waals surface area (Å²) in [6.45, 7) is 3.71. The number of carbonyl (C=O) groups excluding carboxylic acids is 1. The van der Waals surface area contributed by atoms with Gasteiger partial charge in [-0.15, -0.1) is 0 Å². The standard InChI is InChI=1S/C17H23N3O4/c1-3-10(2)15(16(22)23)20-14(21)6-4-5-11-7-8-12-13(9-11)19-17(24)18-12/h7-10,15H,3-6H2,1-2H3,(H,20,21)(H,22,23)(H2,18,19,24)/t10-,15-/m0/s1. The van der Waals surface area contributed by atoms with Crippen molar-refractivity contribution >= 4 is 22.9 Å². The minimum Gasteiger partial charge on any atom is -0.480 e. The lowest BCUT2D eigenvalue weighted by molar-refractivity contribution is -0.143. The van der Waals surface area contributed by atoms with E-state index in [0.717, 1.165) is 16.6 Å². The van der Waals surface area contributed by atoms with Crippen LogP contribution >= 0.6 is 0 Å². The highest BCUT2D eigenvalue weighted by atomic mass is 16.4. The first-order chi connectivity index (χ1) is 11.4. The van der Waals surface area contributed by atoms with Gasteiger partial charge in [-0.1, -0.05) is 26.3 Å². The average Bonchev–Trinajstić information content (AvgIpc) is 2.91. The fourth-order valence-electron chi connectivity index (χ4n) is 2.62. The number of fused-ring (bicyclic) bond motifs is 1. The zero-order valence-corrected chi connectivity index (χ0v) is 13.9. The molecule has 24 heavy (non-hydrogen) atoms. The highest BCUT2D eigenvalue weighted by Crippen LogP contribution is 2.13. The van der Waals surface area contributed by atoms with Crippen molar-refractivity contribution < 1.29 is 14.7 Å². The molecule has 2 rings (SSSR count). The Hall–Kier alpha value is -2.57. The average molecular weight is 333 g/mol. The van der Waals surface area contributed by atoms with Crippen LogP contribution in [0, 0.1) is 5.92 Å². The number of nitrogens with one attached hydrogen (secondary N) is 3. The van der Waals surface area contributed by atoms with E-state index in [9.17, 15) is 19.5 Å². The van der Waals surface area contributed by atoms with Crippen LogP contribution in [-0.4, -0.2) is 33.0 Å². The molecule has 0 radical (unpaired) electrons. The first kappa shape index (κ1) is 17.8. The molecule has 0 saturated carbocycles. The number of hydrogen-bond donors (Lipinski definition) is 4. The van der Waals surface area contributed by atoms with Crippen LogP contribution in [-0.2, 0) is 16.0 Å². The van der Waals surface area contributed by atoms with Crippen LogP contribution in [0.4, 0.5) is 0 Å². The summed E-state index contributed by atoms with van der Waals surface area (Å²) in [5.41, 5.74) is 2.26. The highest BCUT2D eigenvalue weighted by Gasteiger charge is 2.24. The molecule has 4 N–H and O–H groups in total. The molecule has 0 saturated heterocycles. The van der Waals surface area contributed by atoms with Gasteiger partial charge in [0.2, 0.25) is 5.91 Å². The molecule has 130 valence electrons. The Morgan fingerprint density at radius 2 is 1.96 bits per heavy atom. The van der Waals surface area contributed by atoms with E-state index in [0.29, 0.717) is 19.3 Å². The number of hydrogen-bond acceptors (Lipinski definition) is 3. The third-order valence-electron chi connectivity index (χ3n) is 4.25. The Kier molecular flexibility index (Phi) is 5.78. The quantitative estimate of drug-likeness (QED) is 0.589. The van der Waals surface area contributed by atoms with Gasteiger partial charge in [-0.3, -0.25) is 4.79 Å². The van der Waals surface area contributed by atoms with Gasteiger partial charge in [0.25, 0.3) is 0 Å². The van der Waals surface area contributed by atoms with Crippen molar-refractivity contribution in [1.82, 2.24) is 15.3 Å². The molecule has 1 aromatic heterocycles. The van der Waals surface area contributed by atoms with Crippen molar-refractivity contribution in [2.45, 2.75) is 45.6 Å². The number of aliphatic carboxylic acids is 1. The molecule has 2 aromatic rings. The largest absolute Gasteiger partial charge is 0.480 e. The van der Waals surface area contributed by atoms with E-state index in [1.807, 2.05) is 32.0 Å². The summed E-state index contributed by atoms with van der Waals surface area (Å²) in [7, 11) is 0. The maximum atomic E-state index is 12.0. The second kappa shape index (κ2) is 7.81. The monoisotopic (exact) mass is 333 g/mol. The number of aromatic nitrogens is 2. The Balaban J connectivity index is 1.86. The summed E-state index contributed by atoms with van der Waals surface area (Å²) in [6, 6.07) is 4.77. The maximum absolute atomic E-state index is 12.0. The van der Waals surface area contributed by atoms with Crippen molar-refractivity contribution in [2.24, 2.45) is 5.92 Å². The molecule has 7 nitrogen and oxygen atoms in total. The number of carboxylic acid groups (broad SMARTS) is 1. The molecule has 2 atom stereocenters. The first-order valence-electron chi connectivity index (χ1n) is 8.13. The van der Waals surface area contributed by atoms with Crippen LogP contribution < -0.4 is 11.0 Å². The second-order valence-corrected chi connectivity index (χ2v) is 6.08. The molecule has 7 heteroatoms. The Bertz CT molecular complexity index is 777. The third kappa shape index (κ3) is 4.47. The van der Waals surface area contributed by atoms with Crippen LogP contribution in [0.3, 0.4) is 0 Å². The number of H-pyrrole nitrogens is 2. The summed E-state index contributed by atoms with van der Waals surface area (Å²) in [6.07, 6.45) is 2.24. The van der Waals surface area contributed by atoms with Gasteiger partial charge in [0.1, 0.15) is 6.04 Å². The zero-order chi connectivity index (χ0) is 17.7. The molecule has 0 fully saturated rings. The summed E-state index contributed by atoms with van der Waals surface area (Å²) in [4.78, 5) is 39.8. The molecule has 1 amide bonds. The van der Waals surface area contributed by atoms with Crippen LogP contribution in [0.5, 0.6) is 0 Å². The van der Waals surface area contributed by atoms with Gasteiger partial charge in [-0.05, 0) is 36.5 Å². The van der Waals surface area contributed by atoms with Crippen LogP contribution in [0.2, 0.25) is 0 Å². The number of aryl methyl sites for hydroxylation is 1. The van der Waals surface area contributed by atoms with Crippen molar-refractivity contribution in [1.29, 1.82) is 0 Å². The predicted octanol–water partition coefficient (Wildman–Crippen LogP) is 1.79. The lowest BCUT2D eigenvalue weighted by Gasteiger charge is -2.20. The number of rotatable bonds is 8. The van der Waals surface area contributed by atoms with Crippen LogP contribution in [0.15, 0.2) is 23.0 Å². The van der Waals surface area contributed by atoms with E-state index in [1.54, 1.807) is 0 Å². The van der Waals surface area contributed by atoms with Crippen molar-refractivity contribution in [3.05, 3.63) is 34.2 Å². The smallest absolute Gasteiger partial charge is 0.326 e. The van der Waals surface area contributed by atoms with E-state index in [2.05, 4.69) is 15.3 Å².